The van der Waals surface area contributed by atoms with Crippen molar-refractivity contribution in [3.05, 3.63) is 83.4 Å². The third-order valence-corrected chi connectivity index (χ3v) is 4.09. The van der Waals surface area contributed by atoms with Crippen LogP contribution in [0.4, 0.5) is 0 Å². The zero-order chi connectivity index (χ0) is 15.4. The molecule has 0 bridgehead atoms. The maximum atomic E-state index is 9.04. The quantitative estimate of drug-likeness (QED) is 0.788. The van der Waals surface area contributed by atoms with E-state index in [0.717, 1.165) is 12.0 Å². The largest absolute Gasteiger partial charge is 0.330 e. The van der Waals surface area contributed by atoms with Crippen molar-refractivity contribution in [3.63, 3.8) is 0 Å². The molecule has 0 aliphatic heterocycles. The van der Waals surface area contributed by atoms with Crippen LogP contribution in [0.3, 0.4) is 0 Å². The molecule has 0 heterocycles. The molecule has 0 aliphatic rings. The number of nitrogens with two attached hydrogens (primary N) is 1. The first-order chi connectivity index (χ1) is 10.8. The second-order valence-corrected chi connectivity index (χ2v) is 5.52. The molecule has 0 aromatic heterocycles. The Labute approximate surface area is 130 Å². The summed E-state index contributed by atoms with van der Waals surface area (Å²) < 4.78 is 0. The highest BCUT2D eigenvalue weighted by Gasteiger charge is 2.13. The van der Waals surface area contributed by atoms with Crippen LogP contribution >= 0.6 is 0 Å². The lowest BCUT2D eigenvalue weighted by Gasteiger charge is -2.18. The molecule has 0 spiro atoms. The second kappa shape index (κ2) is 6.43. The van der Waals surface area contributed by atoms with E-state index in [0.29, 0.717) is 12.1 Å². The highest BCUT2D eigenvalue weighted by Crippen LogP contribution is 2.28. The van der Waals surface area contributed by atoms with Crippen molar-refractivity contribution in [2.45, 2.75) is 12.3 Å². The Hall–Kier alpha value is -2.63. The fourth-order valence-electron chi connectivity index (χ4n) is 2.98. The van der Waals surface area contributed by atoms with Gasteiger partial charge in [0.2, 0.25) is 0 Å². The van der Waals surface area contributed by atoms with Gasteiger partial charge >= 0.3 is 0 Å². The van der Waals surface area contributed by atoms with Crippen LogP contribution in [0.25, 0.3) is 10.8 Å². The fourth-order valence-corrected chi connectivity index (χ4v) is 2.98. The molecule has 22 heavy (non-hydrogen) atoms. The van der Waals surface area contributed by atoms with Crippen LogP contribution in [0, 0.1) is 11.3 Å². The lowest BCUT2D eigenvalue weighted by Crippen LogP contribution is -2.15. The lowest BCUT2D eigenvalue weighted by molar-refractivity contribution is 0.699. The summed E-state index contributed by atoms with van der Waals surface area (Å²) in [7, 11) is 0. The molecule has 3 aromatic rings. The molecular formula is C20H18N2. The molecule has 2 heteroatoms. The second-order valence-electron chi connectivity index (χ2n) is 5.52. The first-order valence-electron chi connectivity index (χ1n) is 7.48. The predicted octanol–water partition coefficient (Wildman–Crippen LogP) is 4.00. The molecule has 0 saturated carbocycles. The predicted molar refractivity (Wildman–Crippen MR) is 90.6 cm³/mol. The summed E-state index contributed by atoms with van der Waals surface area (Å²) >= 11 is 0. The summed E-state index contributed by atoms with van der Waals surface area (Å²) in [6.45, 7) is 0.588. The van der Waals surface area contributed by atoms with Crippen molar-refractivity contribution >= 4 is 10.8 Å². The van der Waals surface area contributed by atoms with Crippen LogP contribution in [0.5, 0.6) is 0 Å². The van der Waals surface area contributed by atoms with Crippen molar-refractivity contribution in [3.8, 4) is 6.07 Å². The van der Waals surface area contributed by atoms with E-state index >= 15 is 0 Å². The van der Waals surface area contributed by atoms with Gasteiger partial charge in [-0.05, 0) is 47.0 Å². The van der Waals surface area contributed by atoms with Gasteiger partial charge in [-0.25, -0.2) is 0 Å². The Bertz CT molecular complexity index is 825. The van der Waals surface area contributed by atoms with Crippen molar-refractivity contribution in [1.29, 1.82) is 5.26 Å². The highest BCUT2D eigenvalue weighted by atomic mass is 14.5. The zero-order valence-electron chi connectivity index (χ0n) is 12.4. The molecule has 3 aromatic carbocycles. The molecule has 1 unspecified atom stereocenters. The summed E-state index contributed by atoms with van der Waals surface area (Å²) in [5, 5.41) is 11.5. The summed E-state index contributed by atoms with van der Waals surface area (Å²) in [5.74, 6) is 0.250. The Morgan fingerprint density at radius 3 is 2.55 bits per heavy atom. The summed E-state index contributed by atoms with van der Waals surface area (Å²) in [6.07, 6.45) is 0.847. The van der Waals surface area contributed by atoms with E-state index in [1.165, 1.54) is 16.3 Å². The van der Waals surface area contributed by atoms with Gasteiger partial charge in [-0.2, -0.15) is 5.26 Å². The number of fused-ring (bicyclic) bond motifs is 1. The molecule has 0 saturated heterocycles. The molecule has 3 rings (SSSR count). The Morgan fingerprint density at radius 2 is 1.73 bits per heavy atom. The number of nitrogens with zero attached hydrogens (tertiary/aromatic N) is 1. The minimum absolute atomic E-state index is 0.250. The van der Waals surface area contributed by atoms with Gasteiger partial charge in [0.25, 0.3) is 0 Å². The van der Waals surface area contributed by atoms with Crippen LogP contribution in [-0.4, -0.2) is 6.54 Å². The van der Waals surface area contributed by atoms with Crippen LogP contribution < -0.4 is 5.73 Å². The van der Waals surface area contributed by atoms with E-state index in [4.69, 9.17) is 11.0 Å². The average Bonchev–Trinajstić information content (AvgIpc) is 2.59. The number of hydrogen-bond acceptors (Lipinski definition) is 2. The first-order valence-corrected chi connectivity index (χ1v) is 7.48. The maximum absolute atomic E-state index is 9.04. The Kier molecular flexibility index (Phi) is 4.18. The molecule has 0 radical (unpaired) electrons. The van der Waals surface area contributed by atoms with Gasteiger partial charge < -0.3 is 5.73 Å². The van der Waals surface area contributed by atoms with Gasteiger partial charge in [-0.3, -0.25) is 0 Å². The smallest absolute Gasteiger partial charge is 0.0991 e. The van der Waals surface area contributed by atoms with Crippen molar-refractivity contribution in [1.82, 2.24) is 0 Å². The van der Waals surface area contributed by atoms with Crippen LogP contribution in [0.2, 0.25) is 0 Å². The van der Waals surface area contributed by atoms with E-state index < -0.39 is 0 Å². The van der Waals surface area contributed by atoms with Gasteiger partial charge in [0.05, 0.1) is 11.6 Å². The van der Waals surface area contributed by atoms with E-state index in [-0.39, 0.29) is 5.92 Å². The van der Waals surface area contributed by atoms with Crippen LogP contribution in [0.15, 0.2) is 66.7 Å². The number of hydrogen-bond donors (Lipinski definition) is 1. The van der Waals surface area contributed by atoms with Gasteiger partial charge in [-0.15, -0.1) is 0 Å². The molecular weight excluding hydrogens is 268 g/mol. The molecule has 0 aliphatic carbocycles. The molecule has 2 nitrogen and oxygen atoms in total. The first kappa shape index (κ1) is 14.3. The SMILES string of the molecule is N#Cc1cccc(CC(CN)c2cccc3ccccc23)c1. The van der Waals surface area contributed by atoms with Crippen LogP contribution in [-0.2, 0) is 6.42 Å². The molecule has 0 fully saturated rings. The van der Waals surface area contributed by atoms with E-state index in [9.17, 15) is 0 Å². The monoisotopic (exact) mass is 286 g/mol. The third-order valence-electron chi connectivity index (χ3n) is 4.09. The van der Waals surface area contributed by atoms with Crippen molar-refractivity contribution in [2.24, 2.45) is 5.73 Å². The fraction of sp³-hybridized carbons (Fsp3) is 0.150. The minimum Gasteiger partial charge on any atom is -0.330 e. The molecule has 108 valence electrons. The van der Waals surface area contributed by atoms with Crippen LogP contribution in [0.1, 0.15) is 22.6 Å². The number of nitriles is 1. The van der Waals surface area contributed by atoms with Gasteiger partial charge in [-0.1, -0.05) is 54.6 Å². The van der Waals surface area contributed by atoms with Gasteiger partial charge in [0, 0.05) is 5.92 Å². The molecule has 0 amide bonds. The lowest BCUT2D eigenvalue weighted by atomic mass is 9.88. The van der Waals surface area contributed by atoms with E-state index in [2.05, 4.69) is 54.6 Å². The normalized spacial score (nSPS) is 12.0. The topological polar surface area (TPSA) is 49.8 Å². The van der Waals surface area contributed by atoms with Gasteiger partial charge in [0.15, 0.2) is 0 Å². The number of rotatable bonds is 4. The third kappa shape index (κ3) is 2.86. The Balaban J connectivity index is 1.98. The highest BCUT2D eigenvalue weighted by molar-refractivity contribution is 5.86. The number of benzene rings is 3. The summed E-state index contributed by atoms with van der Waals surface area (Å²) in [6, 6.07) is 24.8. The average molecular weight is 286 g/mol. The van der Waals surface area contributed by atoms with Crippen molar-refractivity contribution < 1.29 is 0 Å². The van der Waals surface area contributed by atoms with E-state index in [1.807, 2.05) is 18.2 Å². The zero-order valence-corrected chi connectivity index (χ0v) is 12.4. The molecule has 2 N–H and O–H groups in total. The minimum atomic E-state index is 0.250. The Morgan fingerprint density at radius 1 is 0.955 bits per heavy atom. The van der Waals surface area contributed by atoms with Crippen molar-refractivity contribution in [2.75, 3.05) is 6.54 Å². The molecule has 1 atom stereocenters. The van der Waals surface area contributed by atoms with E-state index in [1.54, 1.807) is 0 Å². The summed E-state index contributed by atoms with van der Waals surface area (Å²) in [4.78, 5) is 0. The standard InChI is InChI=1S/C20H18N2/c21-13-16-6-3-5-15(11-16)12-18(14-22)20-10-4-8-17-7-1-2-9-19(17)20/h1-11,18H,12,14,22H2. The summed E-state index contributed by atoms with van der Waals surface area (Å²) in [5.41, 5.74) is 9.18. The maximum Gasteiger partial charge on any atom is 0.0991 e. The van der Waals surface area contributed by atoms with Gasteiger partial charge in [0.1, 0.15) is 0 Å².